The first-order chi connectivity index (χ1) is 17.2. The lowest BCUT2D eigenvalue weighted by atomic mass is 10.0. The number of nitrogens with zero attached hydrogens (tertiary/aromatic N) is 1. The first-order valence-electron chi connectivity index (χ1n) is 13.8. The summed E-state index contributed by atoms with van der Waals surface area (Å²) >= 11 is 0. The monoisotopic (exact) mass is 478 g/mol. The van der Waals surface area contributed by atoms with Crippen LogP contribution in [0.2, 0.25) is 0 Å². The highest BCUT2D eigenvalue weighted by atomic mass is 16.5. The van der Waals surface area contributed by atoms with Crippen molar-refractivity contribution < 1.29 is 9.53 Å². The van der Waals surface area contributed by atoms with Crippen molar-refractivity contribution in [3.8, 4) is 5.75 Å². The number of rotatable bonds is 19. The number of carbonyl (C=O) groups excluding carboxylic acids is 1. The first-order valence-corrected chi connectivity index (χ1v) is 13.8. The number of nitrogens with one attached hydrogen (secondary N) is 1. The summed E-state index contributed by atoms with van der Waals surface area (Å²) < 4.78 is 5.83. The van der Waals surface area contributed by atoms with E-state index in [9.17, 15) is 4.79 Å². The summed E-state index contributed by atoms with van der Waals surface area (Å²) in [5, 5.41) is 4.09. The third-order valence-electron chi connectivity index (χ3n) is 6.32. The van der Waals surface area contributed by atoms with E-state index in [-0.39, 0.29) is 5.91 Å². The number of benzene rings is 2. The Labute approximate surface area is 213 Å². The molecule has 4 heteroatoms. The van der Waals surface area contributed by atoms with Crippen LogP contribution < -0.4 is 10.2 Å². The van der Waals surface area contributed by atoms with Gasteiger partial charge in [0.2, 0.25) is 5.91 Å². The molecule has 0 bridgehead atoms. The van der Waals surface area contributed by atoms with E-state index in [2.05, 4.69) is 48.6 Å². The van der Waals surface area contributed by atoms with Crippen LogP contribution in [0.4, 0.5) is 0 Å². The van der Waals surface area contributed by atoms with Crippen molar-refractivity contribution >= 4 is 12.1 Å². The minimum Gasteiger partial charge on any atom is -0.489 e. The van der Waals surface area contributed by atoms with Crippen LogP contribution >= 0.6 is 0 Å². The van der Waals surface area contributed by atoms with Crippen LogP contribution in [0, 0.1) is 6.92 Å². The van der Waals surface area contributed by atoms with Crippen LogP contribution in [0.1, 0.15) is 114 Å². The summed E-state index contributed by atoms with van der Waals surface area (Å²) in [7, 11) is 0. The molecule has 1 N–H and O–H groups in total. The lowest BCUT2D eigenvalue weighted by molar-refractivity contribution is -0.121. The number of hydrogen-bond acceptors (Lipinski definition) is 3. The van der Waals surface area contributed by atoms with Gasteiger partial charge in [0.1, 0.15) is 12.4 Å². The van der Waals surface area contributed by atoms with Gasteiger partial charge in [-0.1, -0.05) is 114 Å². The predicted molar refractivity (Wildman–Crippen MR) is 148 cm³/mol. The molecule has 1 amide bonds. The van der Waals surface area contributed by atoms with E-state index < -0.39 is 0 Å². The summed E-state index contributed by atoms with van der Waals surface area (Å²) in [4.78, 5) is 12.0. The molecule has 0 fully saturated rings. The minimum absolute atomic E-state index is 0.0117. The Hall–Kier alpha value is -2.62. The second-order valence-electron chi connectivity index (χ2n) is 9.63. The van der Waals surface area contributed by atoms with E-state index >= 15 is 0 Å². The van der Waals surface area contributed by atoms with Gasteiger partial charge in [-0.15, -0.1) is 0 Å². The largest absolute Gasteiger partial charge is 0.489 e. The fraction of sp³-hybridized carbons (Fsp3) is 0.548. The maximum atomic E-state index is 12.0. The zero-order valence-corrected chi connectivity index (χ0v) is 22.1. The maximum absolute atomic E-state index is 12.0. The van der Waals surface area contributed by atoms with Crippen molar-refractivity contribution in [2.75, 3.05) is 0 Å². The van der Waals surface area contributed by atoms with Crippen molar-refractivity contribution in [3.05, 3.63) is 65.2 Å². The molecule has 4 nitrogen and oxygen atoms in total. The van der Waals surface area contributed by atoms with Gasteiger partial charge < -0.3 is 4.74 Å². The number of amides is 1. The Morgan fingerprint density at radius 1 is 0.771 bits per heavy atom. The number of hydrazone groups is 1. The molecule has 0 aromatic heterocycles. The molecule has 0 radical (unpaired) electrons. The summed E-state index contributed by atoms with van der Waals surface area (Å²) in [5.74, 6) is 0.802. The van der Waals surface area contributed by atoms with E-state index in [4.69, 9.17) is 4.74 Å². The highest BCUT2D eigenvalue weighted by molar-refractivity contribution is 5.82. The number of ether oxygens (including phenoxy) is 1. The summed E-state index contributed by atoms with van der Waals surface area (Å²) in [6, 6.07) is 16.1. The second kappa shape index (κ2) is 18.7. The van der Waals surface area contributed by atoms with Gasteiger partial charge in [0.15, 0.2) is 0 Å². The van der Waals surface area contributed by atoms with Gasteiger partial charge in [-0.2, -0.15) is 5.10 Å². The second-order valence-corrected chi connectivity index (χ2v) is 9.63. The molecular formula is C31H46N2O2. The third-order valence-corrected chi connectivity index (χ3v) is 6.32. The molecule has 192 valence electrons. The fourth-order valence-electron chi connectivity index (χ4n) is 4.04. The molecule has 0 aliphatic rings. The van der Waals surface area contributed by atoms with Crippen molar-refractivity contribution in [3.63, 3.8) is 0 Å². The van der Waals surface area contributed by atoms with Gasteiger partial charge >= 0.3 is 0 Å². The SMILES string of the molecule is CCCCCCCCCCCCCCCC(=O)N/N=C\c1ccc(OCc2ccc(C)cc2)cc1. The van der Waals surface area contributed by atoms with Crippen LogP contribution in [-0.2, 0) is 11.4 Å². The highest BCUT2D eigenvalue weighted by Crippen LogP contribution is 2.15. The zero-order chi connectivity index (χ0) is 25.0. The Bertz CT molecular complexity index is 828. The van der Waals surface area contributed by atoms with Gasteiger partial charge in [0, 0.05) is 6.42 Å². The Morgan fingerprint density at radius 2 is 1.31 bits per heavy atom. The maximum Gasteiger partial charge on any atom is 0.240 e. The predicted octanol–water partition coefficient (Wildman–Crippen LogP) is 8.51. The van der Waals surface area contributed by atoms with E-state index in [1.807, 2.05) is 24.3 Å². The molecule has 0 aliphatic heterocycles. The van der Waals surface area contributed by atoms with E-state index in [0.29, 0.717) is 13.0 Å². The quantitative estimate of drug-likeness (QED) is 0.125. The van der Waals surface area contributed by atoms with E-state index in [0.717, 1.165) is 29.7 Å². The number of unbranched alkanes of at least 4 members (excludes halogenated alkanes) is 12. The summed E-state index contributed by atoms with van der Waals surface area (Å²) in [5.41, 5.74) is 5.95. The molecule has 0 saturated carbocycles. The Kier molecular flexibility index (Phi) is 15.3. The van der Waals surface area contributed by atoms with Crippen LogP contribution in [0.25, 0.3) is 0 Å². The Morgan fingerprint density at radius 3 is 1.89 bits per heavy atom. The van der Waals surface area contributed by atoms with Gasteiger partial charge in [-0.05, 0) is 48.7 Å². The van der Waals surface area contributed by atoms with Crippen molar-refractivity contribution in [1.82, 2.24) is 5.43 Å². The molecule has 2 rings (SSSR count). The lowest BCUT2D eigenvalue weighted by Crippen LogP contribution is -2.16. The van der Waals surface area contributed by atoms with Gasteiger partial charge in [0.25, 0.3) is 0 Å². The summed E-state index contributed by atoms with van der Waals surface area (Å²) in [6.07, 6.45) is 19.2. The molecule has 0 heterocycles. The first kappa shape index (κ1) is 28.6. The van der Waals surface area contributed by atoms with Crippen molar-refractivity contribution in [2.45, 2.75) is 110 Å². The average molecular weight is 479 g/mol. The number of hydrogen-bond donors (Lipinski definition) is 1. The average Bonchev–Trinajstić information content (AvgIpc) is 2.87. The van der Waals surface area contributed by atoms with Crippen LogP contribution in [-0.4, -0.2) is 12.1 Å². The summed E-state index contributed by atoms with van der Waals surface area (Å²) in [6.45, 7) is 4.89. The molecule has 0 spiro atoms. The van der Waals surface area contributed by atoms with Crippen LogP contribution in [0.15, 0.2) is 53.6 Å². The smallest absolute Gasteiger partial charge is 0.240 e. The Balaban J connectivity index is 1.46. The molecule has 0 saturated heterocycles. The van der Waals surface area contributed by atoms with Gasteiger partial charge in [-0.3, -0.25) is 4.79 Å². The van der Waals surface area contributed by atoms with E-state index in [1.165, 1.54) is 76.2 Å². The molecule has 0 aliphatic carbocycles. The minimum atomic E-state index is -0.0117. The lowest BCUT2D eigenvalue weighted by Gasteiger charge is -2.07. The van der Waals surface area contributed by atoms with Crippen molar-refractivity contribution in [1.29, 1.82) is 0 Å². The molecule has 0 atom stereocenters. The third kappa shape index (κ3) is 14.4. The number of carbonyl (C=O) groups is 1. The van der Waals surface area contributed by atoms with Gasteiger partial charge in [0.05, 0.1) is 6.21 Å². The number of aryl methyl sites for hydroxylation is 1. The molecule has 2 aromatic carbocycles. The van der Waals surface area contributed by atoms with Crippen LogP contribution in [0.5, 0.6) is 5.75 Å². The van der Waals surface area contributed by atoms with Gasteiger partial charge in [-0.25, -0.2) is 5.43 Å². The molecule has 2 aromatic rings. The molecule has 35 heavy (non-hydrogen) atoms. The fourth-order valence-corrected chi connectivity index (χ4v) is 4.04. The molecular weight excluding hydrogens is 432 g/mol. The normalized spacial score (nSPS) is 11.1. The van der Waals surface area contributed by atoms with Crippen LogP contribution in [0.3, 0.4) is 0 Å². The molecule has 0 unspecified atom stereocenters. The zero-order valence-electron chi connectivity index (χ0n) is 22.1. The highest BCUT2D eigenvalue weighted by Gasteiger charge is 2.00. The van der Waals surface area contributed by atoms with Crippen molar-refractivity contribution in [2.24, 2.45) is 5.10 Å². The standard InChI is InChI=1S/C31H46N2O2/c1-3-4-5-6-7-8-9-10-11-12-13-14-15-16-31(34)33-32-25-28-21-23-30(24-22-28)35-26-29-19-17-27(2)18-20-29/h17-25H,3-16,26H2,1-2H3,(H,33,34)/b32-25-. The topological polar surface area (TPSA) is 50.7 Å². The van der Waals surface area contributed by atoms with E-state index in [1.54, 1.807) is 6.21 Å².